The summed E-state index contributed by atoms with van der Waals surface area (Å²) >= 11 is 0. The Labute approximate surface area is 97.6 Å². The van der Waals surface area contributed by atoms with Crippen molar-refractivity contribution >= 4 is 0 Å². The summed E-state index contributed by atoms with van der Waals surface area (Å²) in [5.41, 5.74) is 8.22. The van der Waals surface area contributed by atoms with Crippen LogP contribution >= 0.6 is 0 Å². The van der Waals surface area contributed by atoms with Gasteiger partial charge in [-0.3, -0.25) is 0 Å². The normalized spacial score (nSPS) is 12.5. The molecule has 3 nitrogen and oxygen atoms in total. The van der Waals surface area contributed by atoms with Crippen LogP contribution in [0.4, 0.5) is 0 Å². The lowest BCUT2D eigenvalue weighted by Gasteiger charge is -2.13. The van der Waals surface area contributed by atoms with E-state index in [9.17, 15) is 0 Å². The minimum atomic E-state index is 0.145. The summed E-state index contributed by atoms with van der Waals surface area (Å²) in [6.07, 6.45) is 0.837. The number of rotatable bonds is 6. The van der Waals surface area contributed by atoms with E-state index in [0.29, 0.717) is 13.2 Å². The highest BCUT2D eigenvalue weighted by Crippen LogP contribution is 2.21. The second kappa shape index (κ2) is 6.51. The lowest BCUT2D eigenvalue weighted by atomic mass is 10.0. The zero-order valence-electron chi connectivity index (χ0n) is 10.3. The van der Waals surface area contributed by atoms with Crippen LogP contribution in [0.1, 0.15) is 18.1 Å². The minimum absolute atomic E-state index is 0.145. The van der Waals surface area contributed by atoms with Gasteiger partial charge in [0.25, 0.3) is 0 Å². The quantitative estimate of drug-likeness (QED) is 0.749. The molecule has 0 amide bonds. The second-order valence-electron chi connectivity index (χ2n) is 4.13. The molecule has 0 bridgehead atoms. The highest BCUT2D eigenvalue weighted by molar-refractivity contribution is 5.37. The first kappa shape index (κ1) is 13.0. The second-order valence-corrected chi connectivity index (χ2v) is 4.13. The molecule has 1 atom stereocenters. The monoisotopic (exact) mass is 223 g/mol. The molecule has 3 heteroatoms. The first-order valence-corrected chi connectivity index (χ1v) is 5.60. The Morgan fingerprint density at radius 2 is 2.06 bits per heavy atom. The van der Waals surface area contributed by atoms with Crippen molar-refractivity contribution in [2.24, 2.45) is 5.73 Å². The van der Waals surface area contributed by atoms with Crippen molar-refractivity contribution in [2.75, 3.05) is 20.3 Å². The van der Waals surface area contributed by atoms with Crippen LogP contribution in [0.25, 0.3) is 0 Å². The summed E-state index contributed by atoms with van der Waals surface area (Å²) in [5.74, 6) is 0.917. The average molecular weight is 223 g/mol. The molecule has 0 aromatic heterocycles. The number of aryl methyl sites for hydroxylation is 1. The maximum absolute atomic E-state index is 5.82. The summed E-state index contributed by atoms with van der Waals surface area (Å²) in [5, 5.41) is 0. The fraction of sp³-hybridized carbons (Fsp3) is 0.538. The van der Waals surface area contributed by atoms with Crippen LogP contribution in [-0.2, 0) is 11.2 Å². The number of hydrogen-bond acceptors (Lipinski definition) is 3. The lowest BCUT2D eigenvalue weighted by molar-refractivity contribution is 0.145. The number of nitrogens with two attached hydrogens (primary N) is 1. The van der Waals surface area contributed by atoms with Gasteiger partial charge in [-0.15, -0.1) is 0 Å². The molecule has 0 fully saturated rings. The number of hydrogen-bond donors (Lipinski definition) is 1. The van der Waals surface area contributed by atoms with Crippen molar-refractivity contribution in [3.8, 4) is 5.75 Å². The molecular weight excluding hydrogens is 202 g/mol. The van der Waals surface area contributed by atoms with Crippen LogP contribution in [0.5, 0.6) is 5.75 Å². The molecule has 0 heterocycles. The van der Waals surface area contributed by atoms with Crippen LogP contribution in [0, 0.1) is 6.92 Å². The van der Waals surface area contributed by atoms with Crippen molar-refractivity contribution in [1.29, 1.82) is 0 Å². The van der Waals surface area contributed by atoms with E-state index in [-0.39, 0.29) is 6.04 Å². The standard InChI is InChI=1S/C13H21NO2/c1-10-4-5-13(16-7-6-15-3)12(8-10)9-11(2)14/h4-5,8,11H,6-7,9,14H2,1-3H3. The smallest absolute Gasteiger partial charge is 0.122 e. The largest absolute Gasteiger partial charge is 0.491 e. The number of benzene rings is 1. The van der Waals surface area contributed by atoms with E-state index in [1.54, 1.807) is 7.11 Å². The summed E-state index contributed by atoms with van der Waals surface area (Å²) in [6, 6.07) is 6.33. The minimum Gasteiger partial charge on any atom is -0.491 e. The van der Waals surface area contributed by atoms with E-state index in [1.165, 1.54) is 11.1 Å². The maximum atomic E-state index is 5.82. The zero-order valence-corrected chi connectivity index (χ0v) is 10.3. The molecule has 2 N–H and O–H groups in total. The van der Waals surface area contributed by atoms with Gasteiger partial charge in [0.1, 0.15) is 12.4 Å². The average Bonchev–Trinajstić information content (AvgIpc) is 2.20. The highest BCUT2D eigenvalue weighted by Gasteiger charge is 2.06. The molecule has 0 spiro atoms. The van der Waals surface area contributed by atoms with Gasteiger partial charge in [-0.2, -0.15) is 0 Å². The van der Waals surface area contributed by atoms with Gasteiger partial charge in [-0.05, 0) is 31.9 Å². The topological polar surface area (TPSA) is 44.5 Å². The van der Waals surface area contributed by atoms with E-state index >= 15 is 0 Å². The zero-order chi connectivity index (χ0) is 12.0. The first-order valence-electron chi connectivity index (χ1n) is 5.60. The SMILES string of the molecule is COCCOc1ccc(C)cc1CC(C)N. The molecule has 0 saturated heterocycles. The van der Waals surface area contributed by atoms with Crippen molar-refractivity contribution in [1.82, 2.24) is 0 Å². The third-order valence-electron chi connectivity index (χ3n) is 2.30. The van der Waals surface area contributed by atoms with E-state index in [4.69, 9.17) is 15.2 Å². The van der Waals surface area contributed by atoms with E-state index in [0.717, 1.165) is 12.2 Å². The molecule has 1 aromatic rings. The molecule has 1 aromatic carbocycles. The summed E-state index contributed by atoms with van der Waals surface area (Å²) in [6.45, 7) is 5.25. The van der Waals surface area contributed by atoms with Gasteiger partial charge in [0.2, 0.25) is 0 Å². The van der Waals surface area contributed by atoms with Gasteiger partial charge in [-0.1, -0.05) is 17.7 Å². The molecule has 0 aliphatic rings. The van der Waals surface area contributed by atoms with Gasteiger partial charge in [-0.25, -0.2) is 0 Å². The van der Waals surface area contributed by atoms with E-state index in [1.807, 2.05) is 19.1 Å². The van der Waals surface area contributed by atoms with Crippen molar-refractivity contribution < 1.29 is 9.47 Å². The fourth-order valence-electron chi connectivity index (χ4n) is 1.59. The molecule has 0 radical (unpaired) electrons. The Hall–Kier alpha value is -1.06. The summed E-state index contributed by atoms with van der Waals surface area (Å²) in [4.78, 5) is 0. The Kier molecular flexibility index (Phi) is 5.29. The van der Waals surface area contributed by atoms with Gasteiger partial charge in [0, 0.05) is 13.2 Å². The lowest BCUT2D eigenvalue weighted by Crippen LogP contribution is -2.18. The number of ether oxygens (including phenoxy) is 2. The summed E-state index contributed by atoms with van der Waals surface area (Å²) in [7, 11) is 1.67. The molecule has 16 heavy (non-hydrogen) atoms. The van der Waals surface area contributed by atoms with Crippen molar-refractivity contribution in [2.45, 2.75) is 26.3 Å². The van der Waals surface area contributed by atoms with Gasteiger partial charge in [0.05, 0.1) is 6.61 Å². The van der Waals surface area contributed by atoms with Crippen LogP contribution in [0.15, 0.2) is 18.2 Å². The molecule has 1 rings (SSSR count). The molecular formula is C13H21NO2. The Balaban J connectivity index is 2.72. The van der Waals surface area contributed by atoms with Crippen molar-refractivity contribution in [3.63, 3.8) is 0 Å². The third-order valence-corrected chi connectivity index (χ3v) is 2.30. The van der Waals surface area contributed by atoms with Crippen LogP contribution in [0.2, 0.25) is 0 Å². The molecule has 0 aliphatic heterocycles. The first-order chi connectivity index (χ1) is 7.63. The van der Waals surface area contributed by atoms with Gasteiger partial charge in [0.15, 0.2) is 0 Å². The van der Waals surface area contributed by atoms with Crippen LogP contribution < -0.4 is 10.5 Å². The predicted molar refractivity (Wildman–Crippen MR) is 65.9 cm³/mol. The highest BCUT2D eigenvalue weighted by atomic mass is 16.5. The van der Waals surface area contributed by atoms with Gasteiger partial charge >= 0.3 is 0 Å². The molecule has 90 valence electrons. The van der Waals surface area contributed by atoms with Crippen LogP contribution in [-0.4, -0.2) is 26.4 Å². The Bertz CT molecular complexity index is 324. The van der Waals surface area contributed by atoms with Crippen LogP contribution in [0.3, 0.4) is 0 Å². The van der Waals surface area contributed by atoms with E-state index < -0.39 is 0 Å². The molecule has 1 unspecified atom stereocenters. The third kappa shape index (κ3) is 4.21. The number of methoxy groups -OCH3 is 1. The summed E-state index contributed by atoms with van der Waals surface area (Å²) < 4.78 is 10.6. The van der Waals surface area contributed by atoms with Crippen molar-refractivity contribution in [3.05, 3.63) is 29.3 Å². The molecule has 0 saturated carbocycles. The predicted octanol–water partition coefficient (Wildman–Crippen LogP) is 1.91. The Morgan fingerprint density at radius 3 is 2.69 bits per heavy atom. The molecule has 0 aliphatic carbocycles. The fourth-order valence-corrected chi connectivity index (χ4v) is 1.59. The maximum Gasteiger partial charge on any atom is 0.122 e. The van der Waals surface area contributed by atoms with E-state index in [2.05, 4.69) is 13.0 Å². The van der Waals surface area contributed by atoms with Gasteiger partial charge < -0.3 is 15.2 Å². The Morgan fingerprint density at radius 1 is 1.31 bits per heavy atom.